The molecule has 5 nitrogen and oxygen atoms in total. The number of nitrogens with one attached hydrogen (secondary N) is 2. The van der Waals surface area contributed by atoms with E-state index in [9.17, 15) is 9.50 Å². The third-order valence-electron chi connectivity index (χ3n) is 7.65. The number of aliphatic hydroxyl groups is 1. The highest BCUT2D eigenvalue weighted by Gasteiger charge is 2.39. The van der Waals surface area contributed by atoms with Crippen LogP contribution in [-0.4, -0.2) is 64.9 Å². The van der Waals surface area contributed by atoms with E-state index in [0.717, 1.165) is 47.4 Å². The Bertz CT molecular complexity index is 1250. The Kier molecular flexibility index (Phi) is 7.49. The molecule has 1 saturated heterocycles. The molecule has 3 heterocycles. The van der Waals surface area contributed by atoms with E-state index in [1.807, 2.05) is 29.2 Å². The van der Waals surface area contributed by atoms with Crippen molar-refractivity contribution in [2.45, 2.75) is 50.7 Å². The molecule has 3 aromatic rings. The van der Waals surface area contributed by atoms with Crippen molar-refractivity contribution in [1.82, 2.24) is 14.8 Å². The van der Waals surface area contributed by atoms with Crippen LogP contribution < -0.4 is 5.32 Å². The van der Waals surface area contributed by atoms with Crippen LogP contribution in [0.5, 0.6) is 0 Å². The van der Waals surface area contributed by atoms with Gasteiger partial charge in [-0.3, -0.25) is 9.29 Å². The van der Waals surface area contributed by atoms with Crippen LogP contribution in [0.15, 0.2) is 48.7 Å². The number of para-hydroxylation sites is 1. The lowest BCUT2D eigenvalue weighted by Crippen LogP contribution is -2.54. The Morgan fingerprint density at radius 1 is 1.16 bits per heavy atom. The number of nitrogens with zero attached hydrogens (tertiary/aromatic N) is 2. The molecule has 0 saturated carbocycles. The first kappa shape index (κ1) is 25.7. The number of likely N-dealkylation sites (tertiary alicyclic amines) is 1. The summed E-state index contributed by atoms with van der Waals surface area (Å²) in [4.78, 5) is 7.58. The molecule has 2 atom stereocenters. The molecule has 8 heteroatoms. The monoisotopic (exact) mass is 512 g/mol. The minimum absolute atomic E-state index is 0.00626. The molecule has 0 aliphatic carbocycles. The fourth-order valence-electron chi connectivity index (χ4n) is 5.94. The van der Waals surface area contributed by atoms with Crippen LogP contribution in [0.1, 0.15) is 49.0 Å². The lowest BCUT2D eigenvalue weighted by Gasteiger charge is -2.44. The molecule has 1 fully saturated rings. The number of alkyl halides is 1. The van der Waals surface area contributed by atoms with Gasteiger partial charge in [0.25, 0.3) is 0 Å². The number of benzene rings is 2. The van der Waals surface area contributed by atoms with Gasteiger partial charge in [-0.1, -0.05) is 24.8 Å². The van der Waals surface area contributed by atoms with Crippen molar-refractivity contribution in [2.75, 3.05) is 38.2 Å². The van der Waals surface area contributed by atoms with Crippen molar-refractivity contribution in [3.63, 3.8) is 0 Å². The third-order valence-corrected chi connectivity index (χ3v) is 7.65. The Hall–Kier alpha value is -2.97. The molecular weight excluding hydrogens is 477 g/mol. The predicted molar refractivity (Wildman–Crippen MR) is 141 cm³/mol. The van der Waals surface area contributed by atoms with E-state index in [-0.39, 0.29) is 30.9 Å². The zero-order valence-electron chi connectivity index (χ0n) is 21.2. The first-order valence-corrected chi connectivity index (χ1v) is 13.1. The molecule has 5 rings (SSSR count). The first-order valence-electron chi connectivity index (χ1n) is 13.1. The van der Waals surface area contributed by atoms with E-state index in [1.165, 1.54) is 12.1 Å². The smallest absolute Gasteiger partial charge is 0.133 e. The van der Waals surface area contributed by atoms with Gasteiger partial charge in [0.05, 0.1) is 18.3 Å². The largest absolute Gasteiger partial charge is 0.396 e. The molecule has 0 radical (unpaired) electrons. The second-order valence-electron chi connectivity index (χ2n) is 10.3. The van der Waals surface area contributed by atoms with E-state index in [2.05, 4.69) is 28.7 Å². The van der Waals surface area contributed by atoms with Crippen molar-refractivity contribution in [3.05, 3.63) is 77.1 Å². The Morgan fingerprint density at radius 2 is 1.89 bits per heavy atom. The quantitative estimate of drug-likeness (QED) is 0.335. The van der Waals surface area contributed by atoms with Crippen LogP contribution in [-0.2, 0) is 6.42 Å². The van der Waals surface area contributed by atoms with Gasteiger partial charge in [-0.2, -0.15) is 0 Å². The highest BCUT2D eigenvalue weighted by atomic mass is 19.1. The molecule has 0 spiro atoms. The van der Waals surface area contributed by atoms with E-state index in [4.69, 9.17) is 0 Å². The zero-order chi connectivity index (χ0) is 26.1. The fourth-order valence-corrected chi connectivity index (χ4v) is 5.94. The second kappa shape index (κ2) is 10.8. The van der Waals surface area contributed by atoms with Crippen molar-refractivity contribution in [2.24, 2.45) is 0 Å². The molecule has 198 valence electrons. The SMILES string of the molecule is C=C(CCCO)N1[C@@H](c2c(F)cc(NC3CN(CCCF)C3)cc2F)c2[nH]c3ccccc3c2C[C@@H]1C. The highest BCUT2D eigenvalue weighted by molar-refractivity contribution is 5.85. The number of H-pyrrole nitrogens is 1. The molecule has 0 amide bonds. The van der Waals surface area contributed by atoms with Gasteiger partial charge in [0.2, 0.25) is 0 Å². The van der Waals surface area contributed by atoms with Gasteiger partial charge in [-0.05, 0) is 56.4 Å². The summed E-state index contributed by atoms with van der Waals surface area (Å²) in [5.41, 5.74) is 3.94. The molecule has 2 aliphatic heterocycles. The average Bonchev–Trinajstić information content (AvgIpc) is 3.21. The van der Waals surface area contributed by atoms with Gasteiger partial charge in [0, 0.05) is 60.3 Å². The number of hydrogen-bond acceptors (Lipinski definition) is 4. The maximum Gasteiger partial charge on any atom is 0.133 e. The molecule has 37 heavy (non-hydrogen) atoms. The lowest BCUT2D eigenvalue weighted by molar-refractivity contribution is 0.155. The third kappa shape index (κ3) is 4.97. The number of aliphatic hydroxyl groups excluding tert-OH is 1. The van der Waals surface area contributed by atoms with Crippen LogP contribution in [0.25, 0.3) is 10.9 Å². The molecule has 2 aliphatic rings. The van der Waals surface area contributed by atoms with E-state index < -0.39 is 17.7 Å². The standard InChI is InChI=1S/C29H35F3N4O/c1-18(7-5-12-37)36-19(2)13-23-22-8-3-4-9-26(22)34-28(23)29(36)27-24(31)14-20(15-25(27)32)33-21-16-35(17-21)11-6-10-30/h3-4,8-9,14-15,19,21,29,33-34,37H,1,5-7,10-13,16-17H2,2H3/t19-,29-/m0/s1. The molecule has 3 N–H and O–H groups in total. The summed E-state index contributed by atoms with van der Waals surface area (Å²) in [7, 11) is 0. The maximum absolute atomic E-state index is 15.8. The lowest BCUT2D eigenvalue weighted by atomic mass is 9.87. The summed E-state index contributed by atoms with van der Waals surface area (Å²) in [6.45, 7) is 8.13. The highest BCUT2D eigenvalue weighted by Crippen LogP contribution is 2.45. The Morgan fingerprint density at radius 3 is 2.59 bits per heavy atom. The summed E-state index contributed by atoms with van der Waals surface area (Å²) >= 11 is 0. The summed E-state index contributed by atoms with van der Waals surface area (Å²) in [5, 5.41) is 13.7. The van der Waals surface area contributed by atoms with Crippen LogP contribution in [0, 0.1) is 11.6 Å². The summed E-state index contributed by atoms with van der Waals surface area (Å²) in [5.74, 6) is -1.22. The van der Waals surface area contributed by atoms with Gasteiger partial charge in [0.1, 0.15) is 17.7 Å². The zero-order valence-corrected chi connectivity index (χ0v) is 21.2. The number of allylic oxidation sites excluding steroid dienone is 1. The van der Waals surface area contributed by atoms with Crippen LogP contribution >= 0.6 is 0 Å². The Labute approximate surface area is 216 Å². The van der Waals surface area contributed by atoms with E-state index in [0.29, 0.717) is 31.5 Å². The number of aromatic amines is 1. The minimum Gasteiger partial charge on any atom is -0.396 e. The number of halogens is 3. The summed E-state index contributed by atoms with van der Waals surface area (Å²) in [6.07, 6.45) is 2.29. The van der Waals surface area contributed by atoms with Gasteiger partial charge < -0.3 is 20.3 Å². The van der Waals surface area contributed by atoms with Gasteiger partial charge in [-0.15, -0.1) is 0 Å². The van der Waals surface area contributed by atoms with Crippen molar-refractivity contribution >= 4 is 16.6 Å². The predicted octanol–water partition coefficient (Wildman–Crippen LogP) is 5.52. The topological polar surface area (TPSA) is 54.5 Å². The van der Waals surface area contributed by atoms with Gasteiger partial charge in [0.15, 0.2) is 0 Å². The summed E-state index contributed by atoms with van der Waals surface area (Å²) in [6, 6.07) is 10.0. The summed E-state index contributed by atoms with van der Waals surface area (Å²) < 4.78 is 44.1. The molecule has 1 aromatic heterocycles. The molecular formula is C29H35F3N4O. The normalized spacial score (nSPS) is 20.2. The van der Waals surface area contributed by atoms with Crippen molar-refractivity contribution < 1.29 is 18.3 Å². The number of anilines is 1. The number of rotatable bonds is 10. The van der Waals surface area contributed by atoms with Gasteiger partial charge >= 0.3 is 0 Å². The molecule has 2 aromatic carbocycles. The average molecular weight is 513 g/mol. The number of fused-ring (bicyclic) bond motifs is 3. The Balaban J connectivity index is 1.49. The van der Waals surface area contributed by atoms with Crippen molar-refractivity contribution in [1.29, 1.82) is 0 Å². The number of hydrogen-bond donors (Lipinski definition) is 3. The second-order valence-corrected chi connectivity index (χ2v) is 10.3. The van der Waals surface area contributed by atoms with Crippen LogP contribution in [0.4, 0.5) is 18.9 Å². The van der Waals surface area contributed by atoms with E-state index >= 15 is 8.78 Å². The minimum atomic E-state index is -0.703. The maximum atomic E-state index is 15.8. The number of aromatic nitrogens is 1. The van der Waals surface area contributed by atoms with Crippen molar-refractivity contribution in [3.8, 4) is 0 Å². The van der Waals surface area contributed by atoms with Crippen LogP contribution in [0.2, 0.25) is 0 Å². The fraction of sp³-hybridized carbons (Fsp3) is 0.448. The first-order chi connectivity index (χ1) is 17.9. The van der Waals surface area contributed by atoms with Crippen LogP contribution in [0.3, 0.4) is 0 Å². The van der Waals surface area contributed by atoms with E-state index in [1.54, 1.807) is 0 Å². The molecule has 0 unspecified atom stereocenters. The van der Waals surface area contributed by atoms with Gasteiger partial charge in [-0.25, -0.2) is 8.78 Å². The molecule has 0 bridgehead atoms.